The summed E-state index contributed by atoms with van der Waals surface area (Å²) in [6.07, 6.45) is 4.55. The van der Waals surface area contributed by atoms with E-state index in [9.17, 15) is 19.2 Å². The third-order valence-electron chi connectivity index (χ3n) is 5.59. The number of benzene rings is 2. The third-order valence-corrected chi connectivity index (χ3v) is 6.85. The van der Waals surface area contributed by atoms with E-state index in [2.05, 4.69) is 15.9 Å². The maximum atomic E-state index is 13.4. The number of fused-ring (bicyclic) bond motifs is 1. The van der Waals surface area contributed by atoms with E-state index >= 15 is 0 Å². The molecule has 1 saturated heterocycles. The van der Waals surface area contributed by atoms with Crippen molar-refractivity contribution in [1.29, 1.82) is 0 Å². The third kappa shape index (κ3) is 4.25. The molecule has 2 aliphatic rings. The smallest absolute Gasteiger partial charge is 0.273 e. The van der Waals surface area contributed by atoms with E-state index in [4.69, 9.17) is 23.2 Å². The van der Waals surface area contributed by atoms with Gasteiger partial charge in [-0.2, -0.15) is 5.01 Å². The van der Waals surface area contributed by atoms with E-state index in [-0.39, 0.29) is 15.6 Å². The number of nitrogens with zero attached hydrogens (tertiary/aromatic N) is 2. The van der Waals surface area contributed by atoms with Gasteiger partial charge >= 0.3 is 0 Å². The molecule has 164 valence electrons. The van der Waals surface area contributed by atoms with Crippen LogP contribution >= 0.6 is 39.1 Å². The first-order valence-corrected chi connectivity index (χ1v) is 11.4. The van der Waals surface area contributed by atoms with Crippen molar-refractivity contribution in [3.63, 3.8) is 0 Å². The first-order chi connectivity index (χ1) is 15.3. The maximum Gasteiger partial charge on any atom is 0.273 e. The number of imide groups is 1. The first-order valence-electron chi connectivity index (χ1n) is 9.86. The summed E-state index contributed by atoms with van der Waals surface area (Å²) in [7, 11) is 0. The molecule has 0 saturated carbocycles. The summed E-state index contributed by atoms with van der Waals surface area (Å²) in [5, 5.41) is 2.16. The van der Waals surface area contributed by atoms with Crippen LogP contribution in [0.25, 0.3) is 0 Å². The summed E-state index contributed by atoms with van der Waals surface area (Å²) >= 11 is 15.3. The highest BCUT2D eigenvalue weighted by atomic mass is 79.9. The summed E-state index contributed by atoms with van der Waals surface area (Å²) in [6.45, 7) is -0.481. The Balaban J connectivity index is 1.70. The van der Waals surface area contributed by atoms with Gasteiger partial charge in [-0.1, -0.05) is 63.4 Å². The number of Topliss-reactive ketones (excluding diaryl/α,β-unsaturated/α-hetero) is 1. The van der Waals surface area contributed by atoms with Crippen LogP contribution in [0.1, 0.15) is 33.6 Å². The summed E-state index contributed by atoms with van der Waals surface area (Å²) in [5.41, 5.74) is 0.454. The van der Waals surface area contributed by atoms with Crippen molar-refractivity contribution in [2.24, 2.45) is 11.8 Å². The van der Waals surface area contributed by atoms with Crippen LogP contribution in [0.4, 0.5) is 0 Å². The fourth-order valence-corrected chi connectivity index (χ4v) is 4.46. The number of hydrogen-bond donors (Lipinski definition) is 0. The van der Waals surface area contributed by atoms with Gasteiger partial charge in [0.25, 0.3) is 17.7 Å². The number of hydrazine groups is 1. The van der Waals surface area contributed by atoms with Crippen LogP contribution in [-0.4, -0.2) is 40.1 Å². The molecule has 4 rings (SSSR count). The lowest BCUT2D eigenvalue weighted by atomic mass is 9.85. The van der Waals surface area contributed by atoms with Gasteiger partial charge in [0.05, 0.1) is 21.9 Å². The number of allylic oxidation sites excluding steroid dienone is 2. The molecule has 0 N–H and O–H groups in total. The van der Waals surface area contributed by atoms with E-state index in [1.807, 2.05) is 12.2 Å². The molecule has 1 fully saturated rings. The van der Waals surface area contributed by atoms with Gasteiger partial charge < -0.3 is 0 Å². The Morgan fingerprint density at radius 2 is 1.47 bits per heavy atom. The molecule has 1 aliphatic carbocycles. The second kappa shape index (κ2) is 9.17. The predicted molar refractivity (Wildman–Crippen MR) is 123 cm³/mol. The van der Waals surface area contributed by atoms with Gasteiger partial charge in [-0.25, -0.2) is 5.01 Å². The van der Waals surface area contributed by atoms with Crippen molar-refractivity contribution in [3.8, 4) is 0 Å². The Morgan fingerprint density at radius 3 is 2.03 bits per heavy atom. The Kier molecular flexibility index (Phi) is 6.51. The molecular formula is C23H17BrCl2N2O4. The van der Waals surface area contributed by atoms with Crippen molar-refractivity contribution < 1.29 is 19.2 Å². The molecule has 1 aliphatic heterocycles. The van der Waals surface area contributed by atoms with Crippen molar-refractivity contribution in [1.82, 2.24) is 10.0 Å². The predicted octanol–water partition coefficient (Wildman–Crippen LogP) is 4.95. The SMILES string of the molecule is O=C(CN(C(=O)c1ccc(Cl)c(Cl)c1)N1C(=O)[C@@H]2CC=CC[C@H]2C1=O)c1ccc(Br)cc1. The average Bonchev–Trinajstić information content (AvgIpc) is 3.04. The number of amides is 3. The first kappa shape index (κ1) is 22.7. The number of rotatable bonds is 5. The molecule has 1 heterocycles. The van der Waals surface area contributed by atoms with Crippen LogP contribution < -0.4 is 0 Å². The molecular weight excluding hydrogens is 519 g/mol. The minimum absolute atomic E-state index is 0.108. The zero-order chi connectivity index (χ0) is 23.0. The lowest BCUT2D eigenvalue weighted by Crippen LogP contribution is -2.52. The van der Waals surface area contributed by atoms with E-state index in [1.54, 1.807) is 24.3 Å². The maximum absolute atomic E-state index is 13.4. The number of carbonyl (C=O) groups is 4. The summed E-state index contributed by atoms with van der Waals surface area (Å²) in [6, 6.07) is 10.8. The molecule has 2 atom stereocenters. The van der Waals surface area contributed by atoms with Crippen molar-refractivity contribution in [3.05, 3.63) is 80.3 Å². The molecule has 32 heavy (non-hydrogen) atoms. The minimum atomic E-state index is -0.692. The van der Waals surface area contributed by atoms with Crippen LogP contribution in [0.2, 0.25) is 10.0 Å². The van der Waals surface area contributed by atoms with Crippen LogP contribution in [0.15, 0.2) is 59.1 Å². The normalized spacial score (nSPS) is 19.8. The minimum Gasteiger partial charge on any atom is -0.292 e. The number of carbonyl (C=O) groups excluding carboxylic acids is 4. The zero-order valence-electron chi connectivity index (χ0n) is 16.6. The van der Waals surface area contributed by atoms with Gasteiger partial charge in [-0.15, -0.1) is 0 Å². The second-order valence-corrected chi connectivity index (χ2v) is 9.30. The molecule has 6 nitrogen and oxygen atoms in total. The van der Waals surface area contributed by atoms with Crippen LogP contribution in [-0.2, 0) is 9.59 Å². The monoisotopic (exact) mass is 534 g/mol. The summed E-state index contributed by atoms with van der Waals surface area (Å²) in [4.78, 5) is 52.7. The van der Waals surface area contributed by atoms with Gasteiger partial charge in [0.15, 0.2) is 5.78 Å². The second-order valence-electron chi connectivity index (χ2n) is 7.57. The Labute approximate surface area is 202 Å². The highest BCUT2D eigenvalue weighted by Crippen LogP contribution is 2.36. The van der Waals surface area contributed by atoms with Crippen LogP contribution in [0, 0.1) is 11.8 Å². The van der Waals surface area contributed by atoms with Gasteiger partial charge in [-0.05, 0) is 43.2 Å². The van der Waals surface area contributed by atoms with Crippen LogP contribution in [0.3, 0.4) is 0 Å². The molecule has 0 aromatic heterocycles. The molecule has 0 spiro atoms. The highest BCUT2D eigenvalue weighted by molar-refractivity contribution is 9.10. The highest BCUT2D eigenvalue weighted by Gasteiger charge is 2.51. The quantitative estimate of drug-likeness (QED) is 0.308. The lowest BCUT2D eigenvalue weighted by Gasteiger charge is -2.30. The average molecular weight is 536 g/mol. The molecule has 2 aromatic rings. The van der Waals surface area contributed by atoms with E-state index in [0.717, 1.165) is 14.5 Å². The molecule has 0 unspecified atom stereocenters. The van der Waals surface area contributed by atoms with E-state index in [0.29, 0.717) is 18.4 Å². The van der Waals surface area contributed by atoms with Gasteiger partial charge in [0.1, 0.15) is 6.54 Å². The zero-order valence-corrected chi connectivity index (χ0v) is 19.7. The summed E-state index contributed by atoms with van der Waals surface area (Å²) in [5.74, 6) is -3.16. The fraction of sp³-hybridized carbons (Fsp3) is 0.217. The van der Waals surface area contributed by atoms with Crippen molar-refractivity contribution >= 4 is 62.6 Å². The number of hydrogen-bond acceptors (Lipinski definition) is 4. The molecule has 0 radical (unpaired) electrons. The van der Waals surface area contributed by atoms with Gasteiger partial charge in [0.2, 0.25) is 0 Å². The molecule has 0 bridgehead atoms. The Hall–Kier alpha value is -2.48. The Morgan fingerprint density at radius 1 is 0.906 bits per heavy atom. The Bertz CT molecular complexity index is 1120. The standard InChI is InChI=1S/C23H17BrCl2N2O4/c24-15-8-5-13(6-9-15)20(29)12-27(21(30)14-7-10-18(25)19(26)11-14)28-22(31)16-3-1-2-4-17(16)23(28)32/h1-2,5-11,16-17H,3-4,12H2/t16-,17-/m1/s1. The number of ketones is 1. The largest absolute Gasteiger partial charge is 0.292 e. The molecule has 9 heteroatoms. The lowest BCUT2D eigenvalue weighted by molar-refractivity contribution is -0.154. The van der Waals surface area contributed by atoms with Crippen molar-refractivity contribution in [2.75, 3.05) is 6.54 Å². The fourth-order valence-electron chi connectivity index (χ4n) is 3.90. The summed E-state index contributed by atoms with van der Waals surface area (Å²) < 4.78 is 0.791. The van der Waals surface area contributed by atoms with Gasteiger partial charge in [0, 0.05) is 15.6 Å². The van der Waals surface area contributed by atoms with Crippen molar-refractivity contribution in [2.45, 2.75) is 12.8 Å². The van der Waals surface area contributed by atoms with E-state index in [1.165, 1.54) is 18.2 Å². The topological polar surface area (TPSA) is 74.8 Å². The van der Waals surface area contributed by atoms with Gasteiger partial charge in [-0.3, -0.25) is 19.2 Å². The number of halogens is 3. The molecule has 2 aromatic carbocycles. The van der Waals surface area contributed by atoms with E-state index < -0.39 is 41.9 Å². The molecule has 3 amide bonds. The van der Waals surface area contributed by atoms with Crippen LogP contribution in [0.5, 0.6) is 0 Å².